The van der Waals surface area contributed by atoms with Crippen LogP contribution in [-0.4, -0.2) is 72.5 Å². The van der Waals surface area contributed by atoms with Gasteiger partial charge < -0.3 is 18.9 Å². The first-order valence-electron chi connectivity index (χ1n) is 12.1. The number of fused-ring (bicyclic) bond motifs is 2. The quantitative estimate of drug-likeness (QED) is 0.497. The lowest BCUT2D eigenvalue weighted by molar-refractivity contribution is -0.133. The average Bonchev–Trinajstić information content (AvgIpc) is 3.24. The molecule has 2 aliphatic rings. The smallest absolute Gasteiger partial charge is 0.243 e. The summed E-state index contributed by atoms with van der Waals surface area (Å²) in [5, 5.41) is 0. The Hall–Kier alpha value is -3.11. The summed E-state index contributed by atoms with van der Waals surface area (Å²) in [4.78, 5) is 19.9. The van der Waals surface area contributed by atoms with Crippen LogP contribution in [0, 0.1) is 0 Å². The van der Waals surface area contributed by atoms with E-state index in [4.69, 9.17) is 14.5 Å². The maximum Gasteiger partial charge on any atom is 0.243 e. The molecular formula is C25H30N4O5S. The van der Waals surface area contributed by atoms with Crippen LogP contribution in [0.25, 0.3) is 11.0 Å². The highest BCUT2D eigenvalue weighted by atomic mass is 32.2. The van der Waals surface area contributed by atoms with E-state index in [1.165, 1.54) is 10.4 Å². The summed E-state index contributed by atoms with van der Waals surface area (Å²) < 4.78 is 40.9. The highest BCUT2D eigenvalue weighted by Gasteiger charge is 2.31. The SMILES string of the molecule is CCCCc1nc2ccccc2n1CC(=O)N1CCN(S(=O)(=O)c2ccc3c(c2)OCCO3)CC1. The van der Waals surface area contributed by atoms with Crippen LogP contribution >= 0.6 is 0 Å². The molecule has 9 nitrogen and oxygen atoms in total. The summed E-state index contributed by atoms with van der Waals surface area (Å²) in [6.45, 7) is 4.36. The zero-order valence-corrected chi connectivity index (χ0v) is 20.7. The van der Waals surface area contributed by atoms with Crippen LogP contribution in [0.2, 0.25) is 0 Å². The number of piperazine rings is 1. The molecule has 2 aromatic carbocycles. The summed E-state index contributed by atoms with van der Waals surface area (Å²) in [5.41, 5.74) is 1.84. The number of carbonyl (C=O) groups is 1. The lowest BCUT2D eigenvalue weighted by Crippen LogP contribution is -2.51. The molecule has 1 aromatic heterocycles. The number of hydrogen-bond donors (Lipinski definition) is 0. The maximum atomic E-state index is 13.2. The second-order valence-electron chi connectivity index (χ2n) is 8.80. The van der Waals surface area contributed by atoms with Crippen molar-refractivity contribution in [3.8, 4) is 11.5 Å². The molecule has 0 saturated carbocycles. The number of aryl methyl sites for hydroxylation is 1. The van der Waals surface area contributed by atoms with Gasteiger partial charge in [0.05, 0.1) is 15.9 Å². The van der Waals surface area contributed by atoms with Crippen molar-refractivity contribution in [3.05, 3.63) is 48.3 Å². The van der Waals surface area contributed by atoms with Crippen molar-refractivity contribution in [1.29, 1.82) is 0 Å². The van der Waals surface area contributed by atoms with Gasteiger partial charge in [-0.1, -0.05) is 25.5 Å². The highest BCUT2D eigenvalue weighted by molar-refractivity contribution is 7.89. The van der Waals surface area contributed by atoms with Crippen molar-refractivity contribution in [2.45, 2.75) is 37.6 Å². The highest BCUT2D eigenvalue weighted by Crippen LogP contribution is 2.33. The average molecular weight is 499 g/mol. The topological polar surface area (TPSA) is 94.0 Å². The number of carbonyl (C=O) groups excluding carboxylic acids is 1. The van der Waals surface area contributed by atoms with Crippen molar-refractivity contribution in [2.75, 3.05) is 39.4 Å². The third kappa shape index (κ3) is 4.72. The van der Waals surface area contributed by atoms with Gasteiger partial charge in [0.2, 0.25) is 15.9 Å². The molecule has 1 fully saturated rings. The van der Waals surface area contributed by atoms with Gasteiger partial charge in [-0.25, -0.2) is 13.4 Å². The zero-order chi connectivity index (χ0) is 24.4. The number of hydrogen-bond acceptors (Lipinski definition) is 6. The number of amides is 1. The van der Waals surface area contributed by atoms with Crippen LogP contribution in [-0.2, 0) is 27.8 Å². The normalized spacial score (nSPS) is 16.5. The molecule has 10 heteroatoms. The van der Waals surface area contributed by atoms with Crippen molar-refractivity contribution >= 4 is 27.0 Å². The minimum atomic E-state index is -3.70. The summed E-state index contributed by atoms with van der Waals surface area (Å²) in [5.74, 6) is 1.89. The standard InChI is InChI=1S/C25H30N4O5S/c1-2-3-8-24-26-20-6-4-5-7-21(20)29(24)18-25(30)27-11-13-28(14-12-27)35(31,32)19-9-10-22-23(17-19)34-16-15-33-22/h4-7,9-10,17H,2-3,8,11-16,18H2,1H3. The molecule has 0 N–H and O–H groups in total. The molecule has 0 aliphatic carbocycles. The van der Waals surface area contributed by atoms with Crippen LogP contribution in [0.5, 0.6) is 11.5 Å². The van der Waals surface area contributed by atoms with E-state index >= 15 is 0 Å². The third-order valence-electron chi connectivity index (χ3n) is 6.52. The van der Waals surface area contributed by atoms with E-state index in [1.54, 1.807) is 17.0 Å². The van der Waals surface area contributed by atoms with E-state index in [-0.39, 0.29) is 30.4 Å². The van der Waals surface area contributed by atoms with Crippen LogP contribution in [0.3, 0.4) is 0 Å². The Morgan fingerprint density at radius 2 is 1.74 bits per heavy atom. The maximum absolute atomic E-state index is 13.2. The van der Waals surface area contributed by atoms with E-state index in [9.17, 15) is 13.2 Å². The second kappa shape index (κ2) is 9.87. The lowest BCUT2D eigenvalue weighted by Gasteiger charge is -2.34. The fourth-order valence-electron chi connectivity index (χ4n) is 4.57. The zero-order valence-electron chi connectivity index (χ0n) is 19.9. The predicted molar refractivity (Wildman–Crippen MR) is 131 cm³/mol. The molecule has 3 heterocycles. The van der Waals surface area contributed by atoms with Gasteiger partial charge in [-0.15, -0.1) is 0 Å². The Kier molecular flexibility index (Phi) is 6.66. The molecule has 0 atom stereocenters. The second-order valence-corrected chi connectivity index (χ2v) is 10.7. The Bertz CT molecular complexity index is 1330. The molecule has 186 valence electrons. The van der Waals surface area contributed by atoms with Crippen LogP contribution in [0.4, 0.5) is 0 Å². The summed E-state index contributed by atoms with van der Waals surface area (Å²) in [7, 11) is -3.70. The minimum Gasteiger partial charge on any atom is -0.486 e. The number of benzene rings is 2. The van der Waals surface area contributed by atoms with Gasteiger partial charge in [-0.3, -0.25) is 4.79 Å². The molecule has 0 bridgehead atoms. The molecule has 0 spiro atoms. The minimum absolute atomic E-state index is 0.0257. The number of para-hydroxylation sites is 2. The number of ether oxygens (including phenoxy) is 2. The Morgan fingerprint density at radius 3 is 2.51 bits per heavy atom. The number of aromatic nitrogens is 2. The molecule has 0 radical (unpaired) electrons. The van der Waals surface area contributed by atoms with Crippen LogP contribution in [0.1, 0.15) is 25.6 Å². The summed E-state index contributed by atoms with van der Waals surface area (Å²) in [6.07, 6.45) is 2.88. The van der Waals surface area contributed by atoms with Gasteiger partial charge in [0, 0.05) is 38.7 Å². The van der Waals surface area contributed by atoms with Gasteiger partial charge >= 0.3 is 0 Å². The summed E-state index contributed by atoms with van der Waals surface area (Å²) >= 11 is 0. The van der Waals surface area contributed by atoms with Crippen LogP contribution < -0.4 is 9.47 Å². The van der Waals surface area contributed by atoms with Gasteiger partial charge in [-0.05, 0) is 30.7 Å². The molecule has 2 aliphatic heterocycles. The van der Waals surface area contributed by atoms with E-state index < -0.39 is 10.0 Å². The van der Waals surface area contributed by atoms with Crippen molar-refractivity contribution < 1.29 is 22.7 Å². The van der Waals surface area contributed by atoms with Gasteiger partial charge in [0.1, 0.15) is 25.6 Å². The molecule has 35 heavy (non-hydrogen) atoms. The number of unbranched alkanes of at least 4 members (excludes halogenated alkanes) is 1. The van der Waals surface area contributed by atoms with E-state index in [0.29, 0.717) is 37.8 Å². The van der Waals surface area contributed by atoms with Crippen molar-refractivity contribution in [2.24, 2.45) is 0 Å². The lowest BCUT2D eigenvalue weighted by atomic mass is 10.2. The fraction of sp³-hybridized carbons (Fsp3) is 0.440. The van der Waals surface area contributed by atoms with Crippen LogP contribution in [0.15, 0.2) is 47.4 Å². The van der Waals surface area contributed by atoms with Gasteiger partial charge in [0.25, 0.3) is 0 Å². The molecular weight excluding hydrogens is 468 g/mol. The predicted octanol–water partition coefficient (Wildman–Crippen LogP) is 2.68. The molecule has 1 amide bonds. The van der Waals surface area contributed by atoms with E-state index in [1.807, 2.05) is 28.8 Å². The molecule has 3 aromatic rings. The Morgan fingerprint density at radius 1 is 1.00 bits per heavy atom. The van der Waals surface area contributed by atoms with Gasteiger partial charge in [-0.2, -0.15) is 4.31 Å². The molecule has 5 rings (SSSR count). The molecule has 1 saturated heterocycles. The first-order valence-corrected chi connectivity index (χ1v) is 13.5. The monoisotopic (exact) mass is 498 g/mol. The van der Waals surface area contributed by atoms with Crippen molar-refractivity contribution in [3.63, 3.8) is 0 Å². The largest absolute Gasteiger partial charge is 0.486 e. The first kappa shape index (κ1) is 23.6. The van der Waals surface area contributed by atoms with E-state index in [2.05, 4.69) is 6.92 Å². The number of imidazole rings is 1. The fourth-order valence-corrected chi connectivity index (χ4v) is 6.01. The number of nitrogens with zero attached hydrogens (tertiary/aromatic N) is 4. The summed E-state index contributed by atoms with van der Waals surface area (Å²) in [6, 6.07) is 12.6. The Labute approximate surface area is 205 Å². The molecule has 0 unspecified atom stereocenters. The third-order valence-corrected chi connectivity index (χ3v) is 8.42. The van der Waals surface area contributed by atoms with Crippen molar-refractivity contribution in [1.82, 2.24) is 18.8 Å². The first-order chi connectivity index (χ1) is 17.0. The number of rotatable bonds is 7. The van der Waals surface area contributed by atoms with E-state index in [0.717, 1.165) is 36.1 Å². The Balaban J connectivity index is 1.26. The number of sulfonamides is 1. The van der Waals surface area contributed by atoms with Gasteiger partial charge in [0.15, 0.2) is 11.5 Å².